The van der Waals surface area contributed by atoms with Crippen molar-refractivity contribution in [2.45, 2.75) is 0 Å². The maximum atomic E-state index is 12.6. The summed E-state index contributed by atoms with van der Waals surface area (Å²) in [7, 11) is 0. The van der Waals surface area contributed by atoms with Gasteiger partial charge in [0.25, 0.3) is 0 Å². The number of nitrogens with two attached hydrogens (primary N) is 1. The minimum Gasteiger partial charge on any atom is -0.494 e. The second-order valence-electron chi connectivity index (χ2n) is 4.35. The molecule has 0 radical (unpaired) electrons. The molecule has 3 N–H and O–H groups in total. The number of amides is 1. The first-order chi connectivity index (χ1) is 10.4. The van der Waals surface area contributed by atoms with Gasteiger partial charge in [-0.25, -0.2) is 9.36 Å². The van der Waals surface area contributed by atoms with Crippen LogP contribution in [0.5, 0.6) is 5.88 Å². The first-order valence-corrected chi connectivity index (χ1v) is 7.51. The highest BCUT2D eigenvalue weighted by atomic mass is 35.5. The normalized spacial score (nSPS) is 11.0. The van der Waals surface area contributed by atoms with Crippen LogP contribution in [0.25, 0.3) is 11.0 Å². The molecule has 0 aromatic carbocycles. The quantitative estimate of drug-likeness (QED) is 0.689. The van der Waals surface area contributed by atoms with Crippen LogP contribution < -0.4 is 5.73 Å². The number of aromatic hydroxyl groups is 1. The first kappa shape index (κ1) is 14.8. The Morgan fingerprint density at radius 3 is 2.59 bits per heavy atom. The molecule has 3 heterocycles. The maximum Gasteiger partial charge on any atom is 0.326 e. The van der Waals surface area contributed by atoms with Gasteiger partial charge in [-0.1, -0.05) is 23.2 Å². The minimum atomic E-state index is -0.949. The molecule has 1 amide bonds. The first-order valence-electron chi connectivity index (χ1n) is 5.87. The lowest BCUT2D eigenvalue weighted by atomic mass is 10.1. The van der Waals surface area contributed by atoms with E-state index in [4.69, 9.17) is 28.9 Å². The summed E-state index contributed by atoms with van der Waals surface area (Å²) < 4.78 is 0.788. The van der Waals surface area contributed by atoms with Crippen molar-refractivity contribution < 1.29 is 14.7 Å². The number of pyridine rings is 1. The van der Waals surface area contributed by atoms with Crippen molar-refractivity contribution in [2.75, 3.05) is 0 Å². The molecule has 0 aliphatic heterocycles. The van der Waals surface area contributed by atoms with Crippen LogP contribution in [0.3, 0.4) is 0 Å². The molecule has 0 atom stereocenters. The fourth-order valence-corrected chi connectivity index (χ4v) is 3.28. The molecule has 0 aliphatic rings. The molecule has 6 nitrogen and oxygen atoms in total. The van der Waals surface area contributed by atoms with Crippen LogP contribution in [0.4, 0.5) is 4.79 Å². The predicted octanol–water partition coefficient (Wildman–Crippen LogP) is 3.27. The van der Waals surface area contributed by atoms with E-state index >= 15 is 0 Å². The van der Waals surface area contributed by atoms with Gasteiger partial charge in [0.15, 0.2) is 0 Å². The van der Waals surface area contributed by atoms with Gasteiger partial charge in [-0.2, -0.15) is 0 Å². The number of fused-ring (bicyclic) bond motifs is 1. The summed E-state index contributed by atoms with van der Waals surface area (Å²) in [5, 5.41) is 12.5. The van der Waals surface area contributed by atoms with E-state index in [1.54, 1.807) is 5.38 Å². The fraction of sp³-hybridized carbons (Fsp3) is 0. The average Bonchev–Trinajstić information content (AvgIpc) is 2.98. The van der Waals surface area contributed by atoms with Gasteiger partial charge in [-0.3, -0.25) is 9.78 Å². The molecule has 0 spiro atoms. The monoisotopic (exact) mass is 355 g/mol. The Hall–Kier alpha value is -2.09. The molecule has 9 heteroatoms. The van der Waals surface area contributed by atoms with Crippen molar-refractivity contribution in [3.8, 4) is 5.88 Å². The Morgan fingerprint density at radius 2 is 2.00 bits per heavy atom. The summed E-state index contributed by atoms with van der Waals surface area (Å²) >= 11 is 12.8. The predicted molar refractivity (Wildman–Crippen MR) is 84.2 cm³/mol. The van der Waals surface area contributed by atoms with Crippen molar-refractivity contribution in [3.05, 3.63) is 44.2 Å². The molecular formula is C13H7Cl2N3O3S. The van der Waals surface area contributed by atoms with Crippen molar-refractivity contribution in [3.63, 3.8) is 0 Å². The molecule has 0 fully saturated rings. The van der Waals surface area contributed by atoms with E-state index in [2.05, 4.69) is 4.98 Å². The minimum absolute atomic E-state index is 0.121. The SMILES string of the molecule is NC(=O)n1c(O)c(C(=O)c2cc(Cl)cs2)c2ncc(Cl)cc21. The zero-order chi connectivity index (χ0) is 16.0. The molecule has 0 saturated heterocycles. The van der Waals surface area contributed by atoms with Crippen LogP contribution in [-0.2, 0) is 0 Å². The highest BCUT2D eigenvalue weighted by molar-refractivity contribution is 7.12. The standard InChI is InChI=1S/C13H7Cl2N3O3S/c14-5-1-7-10(17-3-5)9(12(20)18(7)13(16)21)11(19)8-2-6(15)4-22-8/h1-4,20H,(H2,16,21). The summed E-state index contributed by atoms with van der Waals surface area (Å²) in [5.74, 6) is -1.08. The molecule has 0 aliphatic carbocycles. The van der Waals surface area contributed by atoms with Gasteiger partial charge in [0.2, 0.25) is 11.7 Å². The molecule has 22 heavy (non-hydrogen) atoms. The Bertz CT molecular complexity index is 932. The van der Waals surface area contributed by atoms with Gasteiger partial charge in [-0.05, 0) is 12.1 Å². The third-order valence-electron chi connectivity index (χ3n) is 2.99. The third-order valence-corrected chi connectivity index (χ3v) is 4.47. The molecule has 3 aromatic heterocycles. The van der Waals surface area contributed by atoms with Crippen LogP contribution in [0, 0.1) is 0 Å². The van der Waals surface area contributed by atoms with Crippen LogP contribution in [0.2, 0.25) is 10.0 Å². The average molecular weight is 356 g/mol. The van der Waals surface area contributed by atoms with E-state index in [0.29, 0.717) is 9.90 Å². The molecule has 0 bridgehead atoms. The highest BCUT2D eigenvalue weighted by Crippen LogP contribution is 2.34. The number of rotatable bonds is 2. The number of hydrogen-bond donors (Lipinski definition) is 2. The zero-order valence-corrected chi connectivity index (χ0v) is 13.0. The van der Waals surface area contributed by atoms with Crippen LogP contribution >= 0.6 is 34.5 Å². The maximum absolute atomic E-state index is 12.6. The lowest BCUT2D eigenvalue weighted by Gasteiger charge is -2.00. The van der Waals surface area contributed by atoms with Gasteiger partial charge in [0.05, 0.1) is 20.4 Å². The number of thiophene rings is 1. The zero-order valence-electron chi connectivity index (χ0n) is 10.7. The number of aromatic nitrogens is 2. The van der Waals surface area contributed by atoms with Gasteiger partial charge >= 0.3 is 6.03 Å². The van der Waals surface area contributed by atoms with E-state index < -0.39 is 17.7 Å². The van der Waals surface area contributed by atoms with Crippen LogP contribution in [0.1, 0.15) is 15.2 Å². The lowest BCUT2D eigenvalue weighted by Crippen LogP contribution is -2.19. The topological polar surface area (TPSA) is 98.2 Å². The van der Waals surface area contributed by atoms with Crippen molar-refractivity contribution in [1.82, 2.24) is 9.55 Å². The number of halogens is 2. The number of primary amides is 1. The van der Waals surface area contributed by atoms with E-state index in [-0.39, 0.29) is 21.6 Å². The van der Waals surface area contributed by atoms with E-state index in [1.807, 2.05) is 0 Å². The second kappa shape index (κ2) is 5.28. The highest BCUT2D eigenvalue weighted by Gasteiger charge is 2.27. The van der Waals surface area contributed by atoms with Gasteiger partial charge in [0.1, 0.15) is 11.1 Å². The van der Waals surface area contributed by atoms with Gasteiger partial charge in [0, 0.05) is 11.6 Å². The number of nitrogens with zero attached hydrogens (tertiary/aromatic N) is 2. The van der Waals surface area contributed by atoms with Crippen molar-refractivity contribution in [1.29, 1.82) is 0 Å². The van der Waals surface area contributed by atoms with E-state index in [1.165, 1.54) is 18.3 Å². The molecule has 3 aromatic rings. The molecule has 0 saturated carbocycles. The molecule has 0 unspecified atom stereocenters. The number of ketones is 1. The smallest absolute Gasteiger partial charge is 0.326 e. The van der Waals surface area contributed by atoms with Gasteiger partial charge in [-0.15, -0.1) is 11.3 Å². The Labute approximate surface area is 137 Å². The molecule has 3 rings (SSSR count). The lowest BCUT2D eigenvalue weighted by molar-refractivity contribution is 0.104. The van der Waals surface area contributed by atoms with Crippen LogP contribution in [-0.4, -0.2) is 26.5 Å². The van der Waals surface area contributed by atoms with Gasteiger partial charge < -0.3 is 10.8 Å². The summed E-state index contributed by atoms with van der Waals surface area (Å²) in [6, 6.07) is 1.92. The number of carbonyl (C=O) groups is 2. The Morgan fingerprint density at radius 1 is 1.27 bits per heavy atom. The third kappa shape index (κ3) is 2.23. The van der Waals surface area contributed by atoms with Crippen molar-refractivity contribution >= 4 is 57.4 Å². The fourth-order valence-electron chi connectivity index (χ4n) is 2.11. The van der Waals surface area contributed by atoms with E-state index in [0.717, 1.165) is 15.9 Å². The Kier molecular flexibility index (Phi) is 3.56. The summed E-state index contributed by atoms with van der Waals surface area (Å²) in [5.41, 5.74) is 5.42. The Balaban J connectivity index is 2.32. The number of carbonyl (C=O) groups excluding carboxylic acids is 2. The van der Waals surface area contributed by atoms with Crippen molar-refractivity contribution in [2.24, 2.45) is 5.73 Å². The largest absolute Gasteiger partial charge is 0.494 e. The van der Waals surface area contributed by atoms with E-state index in [9.17, 15) is 14.7 Å². The summed E-state index contributed by atoms with van der Waals surface area (Å²) in [4.78, 5) is 28.5. The summed E-state index contributed by atoms with van der Waals surface area (Å²) in [6.07, 6.45) is 1.31. The molecule has 112 valence electrons. The summed E-state index contributed by atoms with van der Waals surface area (Å²) in [6.45, 7) is 0. The molecular weight excluding hydrogens is 349 g/mol. The van der Waals surface area contributed by atoms with Crippen LogP contribution in [0.15, 0.2) is 23.7 Å². The second-order valence-corrected chi connectivity index (χ2v) is 6.14. The number of hydrogen-bond acceptors (Lipinski definition) is 5.